The highest BCUT2D eigenvalue weighted by atomic mass is 16.5. The number of ether oxygens (including phenoxy) is 1. The van der Waals surface area contributed by atoms with Crippen molar-refractivity contribution in [3.05, 3.63) is 0 Å². The van der Waals surface area contributed by atoms with Gasteiger partial charge in [0.05, 0.1) is 0 Å². The molecule has 0 aliphatic heterocycles. The largest absolute Gasteiger partial charge is 0.463 e. The van der Waals surface area contributed by atoms with Crippen molar-refractivity contribution < 1.29 is 9.53 Å². The van der Waals surface area contributed by atoms with E-state index in [1.165, 1.54) is 19.8 Å². The molecule has 0 bridgehead atoms. The summed E-state index contributed by atoms with van der Waals surface area (Å²) in [5.41, 5.74) is 0. The molecule has 52 valence electrons. The van der Waals surface area contributed by atoms with Gasteiger partial charge in [0.1, 0.15) is 6.10 Å². The molecule has 0 aromatic carbocycles. The zero-order valence-electron chi connectivity index (χ0n) is 5.89. The Balaban J connectivity index is 2.17. The average molecular weight is 128 g/mol. The van der Waals surface area contributed by atoms with Crippen molar-refractivity contribution in [2.24, 2.45) is 5.92 Å². The fourth-order valence-corrected chi connectivity index (χ4v) is 0.924. The molecule has 0 N–H and O–H groups in total. The van der Waals surface area contributed by atoms with E-state index in [0.29, 0.717) is 5.92 Å². The van der Waals surface area contributed by atoms with E-state index in [9.17, 15) is 4.79 Å². The van der Waals surface area contributed by atoms with Crippen LogP contribution in [0.2, 0.25) is 0 Å². The average Bonchev–Trinajstić information content (AvgIpc) is 2.40. The van der Waals surface area contributed by atoms with E-state index >= 15 is 0 Å². The van der Waals surface area contributed by atoms with Crippen LogP contribution in [0.5, 0.6) is 0 Å². The molecule has 1 aliphatic carbocycles. The molecule has 1 aliphatic rings. The minimum absolute atomic E-state index is 0.155. The molecular formula is C7H12O2. The van der Waals surface area contributed by atoms with Gasteiger partial charge in [-0.3, -0.25) is 4.79 Å². The zero-order chi connectivity index (χ0) is 6.85. The van der Waals surface area contributed by atoms with Gasteiger partial charge >= 0.3 is 5.97 Å². The van der Waals surface area contributed by atoms with Gasteiger partial charge in [-0.1, -0.05) is 0 Å². The highest BCUT2D eigenvalue weighted by Gasteiger charge is 2.29. The van der Waals surface area contributed by atoms with Gasteiger partial charge in [-0.05, 0) is 25.7 Å². The molecule has 1 atom stereocenters. The maximum atomic E-state index is 10.4. The Morgan fingerprint density at radius 2 is 2.22 bits per heavy atom. The molecule has 0 saturated heterocycles. The summed E-state index contributed by atoms with van der Waals surface area (Å²) in [5, 5.41) is 0. The monoisotopic (exact) mass is 128 g/mol. The van der Waals surface area contributed by atoms with Crippen molar-refractivity contribution in [1.82, 2.24) is 0 Å². The summed E-state index contributed by atoms with van der Waals surface area (Å²) in [6, 6.07) is 0. The standard InChI is InChI=1S/C7H12O2/c1-5(7-3-4-7)9-6(2)8/h5,7H,3-4H2,1-2H3/t5-/m1/s1. The van der Waals surface area contributed by atoms with Gasteiger partial charge < -0.3 is 4.74 Å². The molecule has 0 radical (unpaired) electrons. The lowest BCUT2D eigenvalue weighted by Crippen LogP contribution is -2.13. The highest BCUT2D eigenvalue weighted by molar-refractivity contribution is 5.66. The molecule has 1 saturated carbocycles. The Bertz CT molecular complexity index is 116. The molecule has 9 heavy (non-hydrogen) atoms. The van der Waals surface area contributed by atoms with Crippen LogP contribution in [-0.2, 0) is 9.53 Å². The van der Waals surface area contributed by atoms with E-state index in [1.54, 1.807) is 0 Å². The fraction of sp³-hybridized carbons (Fsp3) is 0.857. The molecule has 0 heterocycles. The van der Waals surface area contributed by atoms with Crippen molar-refractivity contribution >= 4 is 5.97 Å². The molecule has 0 amide bonds. The first-order valence-electron chi connectivity index (χ1n) is 3.37. The number of hydrogen-bond acceptors (Lipinski definition) is 2. The zero-order valence-corrected chi connectivity index (χ0v) is 5.89. The molecule has 0 spiro atoms. The van der Waals surface area contributed by atoms with Crippen molar-refractivity contribution in [3.63, 3.8) is 0 Å². The number of esters is 1. The van der Waals surface area contributed by atoms with Crippen LogP contribution in [0.15, 0.2) is 0 Å². The normalized spacial score (nSPS) is 21.1. The van der Waals surface area contributed by atoms with E-state index in [1.807, 2.05) is 6.92 Å². The Labute approximate surface area is 55.2 Å². The lowest BCUT2D eigenvalue weighted by Gasteiger charge is -2.08. The summed E-state index contributed by atoms with van der Waals surface area (Å²) in [5.74, 6) is 0.503. The van der Waals surface area contributed by atoms with Gasteiger partial charge in [0.2, 0.25) is 0 Å². The van der Waals surface area contributed by atoms with Crippen LogP contribution >= 0.6 is 0 Å². The molecule has 1 fully saturated rings. The SMILES string of the molecule is CC(=O)O[C@H](C)C1CC1. The predicted molar refractivity (Wildman–Crippen MR) is 34.0 cm³/mol. The van der Waals surface area contributed by atoms with E-state index in [4.69, 9.17) is 4.74 Å². The summed E-state index contributed by atoms with van der Waals surface area (Å²) in [6.45, 7) is 3.41. The van der Waals surface area contributed by atoms with E-state index in [-0.39, 0.29) is 12.1 Å². The maximum absolute atomic E-state index is 10.4. The quantitative estimate of drug-likeness (QED) is 0.525. The van der Waals surface area contributed by atoms with Crippen LogP contribution in [0.1, 0.15) is 26.7 Å². The Hall–Kier alpha value is -0.530. The van der Waals surface area contributed by atoms with Crippen LogP contribution in [-0.4, -0.2) is 12.1 Å². The van der Waals surface area contributed by atoms with Crippen LogP contribution < -0.4 is 0 Å². The van der Waals surface area contributed by atoms with Gasteiger partial charge in [-0.15, -0.1) is 0 Å². The minimum Gasteiger partial charge on any atom is -0.463 e. The first-order chi connectivity index (χ1) is 4.20. The molecule has 0 unspecified atom stereocenters. The first-order valence-corrected chi connectivity index (χ1v) is 3.37. The predicted octanol–water partition coefficient (Wildman–Crippen LogP) is 1.35. The summed E-state index contributed by atoms with van der Waals surface area (Å²) in [6.07, 6.45) is 2.62. The first kappa shape index (κ1) is 6.59. The lowest BCUT2D eigenvalue weighted by molar-refractivity contribution is -0.146. The van der Waals surface area contributed by atoms with Gasteiger partial charge in [-0.2, -0.15) is 0 Å². The van der Waals surface area contributed by atoms with Gasteiger partial charge in [-0.25, -0.2) is 0 Å². The summed E-state index contributed by atoms with van der Waals surface area (Å²) in [4.78, 5) is 10.4. The number of rotatable bonds is 2. The van der Waals surface area contributed by atoms with Crippen molar-refractivity contribution in [3.8, 4) is 0 Å². The maximum Gasteiger partial charge on any atom is 0.302 e. The number of carbonyl (C=O) groups is 1. The molecule has 1 rings (SSSR count). The fourth-order valence-electron chi connectivity index (χ4n) is 0.924. The Morgan fingerprint density at radius 3 is 2.56 bits per heavy atom. The Kier molecular flexibility index (Phi) is 1.74. The number of hydrogen-bond donors (Lipinski definition) is 0. The summed E-state index contributed by atoms with van der Waals surface area (Å²) in [7, 11) is 0. The van der Waals surface area contributed by atoms with Crippen LogP contribution in [0, 0.1) is 5.92 Å². The molecular weight excluding hydrogens is 116 g/mol. The lowest BCUT2D eigenvalue weighted by atomic mass is 10.3. The summed E-state index contributed by atoms with van der Waals surface area (Å²) >= 11 is 0. The second-order valence-electron chi connectivity index (χ2n) is 2.65. The van der Waals surface area contributed by atoms with Crippen molar-refractivity contribution in [2.75, 3.05) is 0 Å². The van der Waals surface area contributed by atoms with E-state index < -0.39 is 0 Å². The van der Waals surface area contributed by atoms with Gasteiger partial charge in [0, 0.05) is 6.92 Å². The third kappa shape index (κ3) is 2.04. The third-order valence-electron chi connectivity index (χ3n) is 1.64. The minimum atomic E-state index is -0.158. The second-order valence-corrected chi connectivity index (χ2v) is 2.65. The van der Waals surface area contributed by atoms with Crippen molar-refractivity contribution in [1.29, 1.82) is 0 Å². The van der Waals surface area contributed by atoms with Crippen LogP contribution in [0.3, 0.4) is 0 Å². The second kappa shape index (κ2) is 2.38. The van der Waals surface area contributed by atoms with Crippen LogP contribution in [0.25, 0.3) is 0 Å². The Morgan fingerprint density at radius 1 is 1.67 bits per heavy atom. The molecule has 2 nitrogen and oxygen atoms in total. The highest BCUT2D eigenvalue weighted by Crippen LogP contribution is 2.33. The molecule has 0 aromatic heterocycles. The molecule has 0 aromatic rings. The van der Waals surface area contributed by atoms with Gasteiger partial charge in [0.15, 0.2) is 0 Å². The summed E-state index contributed by atoms with van der Waals surface area (Å²) < 4.78 is 4.94. The smallest absolute Gasteiger partial charge is 0.302 e. The van der Waals surface area contributed by atoms with Crippen LogP contribution in [0.4, 0.5) is 0 Å². The van der Waals surface area contributed by atoms with Crippen molar-refractivity contribution in [2.45, 2.75) is 32.8 Å². The third-order valence-corrected chi connectivity index (χ3v) is 1.64. The van der Waals surface area contributed by atoms with Gasteiger partial charge in [0.25, 0.3) is 0 Å². The topological polar surface area (TPSA) is 26.3 Å². The van der Waals surface area contributed by atoms with E-state index in [0.717, 1.165) is 0 Å². The molecule has 2 heteroatoms. The van der Waals surface area contributed by atoms with E-state index in [2.05, 4.69) is 0 Å². The number of carbonyl (C=O) groups excluding carboxylic acids is 1.